The summed E-state index contributed by atoms with van der Waals surface area (Å²) < 4.78 is 0. The lowest BCUT2D eigenvalue weighted by molar-refractivity contribution is -0.141. The van der Waals surface area contributed by atoms with Crippen LogP contribution in [0.4, 0.5) is 0 Å². The SMILES string of the molecule is CSCCC(NC(=O)/C(=C\c1ccc(Cl)cc1)NC(=O)c1ccc(C(C)(C)C)cc1)C(=O)O. The molecule has 0 bridgehead atoms. The maximum atomic E-state index is 13.0. The van der Waals surface area contributed by atoms with Crippen molar-refractivity contribution >= 4 is 47.2 Å². The van der Waals surface area contributed by atoms with Crippen molar-refractivity contribution in [2.75, 3.05) is 12.0 Å². The molecule has 8 heteroatoms. The number of hydrogen-bond acceptors (Lipinski definition) is 4. The Morgan fingerprint density at radius 3 is 2.18 bits per heavy atom. The molecule has 0 heterocycles. The third kappa shape index (κ3) is 8.26. The number of nitrogens with one attached hydrogen (secondary N) is 2. The standard InChI is InChI=1S/C25H29ClN2O4S/c1-25(2,3)18-9-7-17(8-10-18)22(29)28-21(15-16-5-11-19(26)12-6-16)23(30)27-20(24(31)32)13-14-33-4/h5-12,15,20H,13-14H2,1-4H3,(H,27,30)(H,28,29)(H,31,32)/b21-15+. The van der Waals surface area contributed by atoms with E-state index in [1.807, 2.05) is 18.4 Å². The molecule has 0 radical (unpaired) electrons. The molecule has 33 heavy (non-hydrogen) atoms. The van der Waals surface area contributed by atoms with Crippen LogP contribution in [0.25, 0.3) is 6.08 Å². The average molecular weight is 489 g/mol. The molecule has 0 aliphatic rings. The molecule has 0 fully saturated rings. The Kier molecular flexibility index (Phi) is 9.56. The third-order valence-corrected chi connectivity index (χ3v) is 5.80. The first-order valence-corrected chi connectivity index (χ1v) is 12.2. The van der Waals surface area contributed by atoms with Crippen molar-refractivity contribution in [3.8, 4) is 0 Å². The molecule has 1 atom stereocenters. The van der Waals surface area contributed by atoms with Crippen molar-refractivity contribution in [3.63, 3.8) is 0 Å². The Morgan fingerprint density at radius 1 is 1.06 bits per heavy atom. The molecule has 176 valence electrons. The number of aliphatic carboxylic acids is 1. The van der Waals surface area contributed by atoms with Gasteiger partial charge < -0.3 is 15.7 Å². The second kappa shape index (κ2) is 11.9. The smallest absolute Gasteiger partial charge is 0.326 e. The van der Waals surface area contributed by atoms with Gasteiger partial charge in [0.05, 0.1) is 0 Å². The number of amides is 2. The Bertz CT molecular complexity index is 1010. The maximum absolute atomic E-state index is 13.0. The molecule has 2 amide bonds. The van der Waals surface area contributed by atoms with Gasteiger partial charge in [0.25, 0.3) is 11.8 Å². The van der Waals surface area contributed by atoms with Crippen LogP contribution in [0.15, 0.2) is 54.2 Å². The quantitative estimate of drug-likeness (QED) is 0.443. The van der Waals surface area contributed by atoms with Crippen LogP contribution in [-0.2, 0) is 15.0 Å². The van der Waals surface area contributed by atoms with Gasteiger partial charge >= 0.3 is 5.97 Å². The molecule has 0 aliphatic heterocycles. The highest BCUT2D eigenvalue weighted by Gasteiger charge is 2.23. The first kappa shape index (κ1) is 26.5. The zero-order valence-electron chi connectivity index (χ0n) is 19.1. The molecule has 6 nitrogen and oxygen atoms in total. The third-order valence-electron chi connectivity index (χ3n) is 4.90. The summed E-state index contributed by atoms with van der Waals surface area (Å²) >= 11 is 7.42. The summed E-state index contributed by atoms with van der Waals surface area (Å²) in [5.41, 5.74) is 1.97. The lowest BCUT2D eigenvalue weighted by Gasteiger charge is -2.19. The molecule has 0 aromatic heterocycles. The van der Waals surface area contributed by atoms with Gasteiger partial charge in [0.15, 0.2) is 0 Å². The van der Waals surface area contributed by atoms with E-state index in [1.165, 1.54) is 17.8 Å². The van der Waals surface area contributed by atoms with Gasteiger partial charge in [-0.25, -0.2) is 4.79 Å². The molecule has 3 N–H and O–H groups in total. The second-order valence-electron chi connectivity index (χ2n) is 8.54. The number of hydrogen-bond donors (Lipinski definition) is 3. The lowest BCUT2D eigenvalue weighted by Crippen LogP contribution is -2.44. The lowest BCUT2D eigenvalue weighted by atomic mass is 9.87. The van der Waals surface area contributed by atoms with Crippen molar-refractivity contribution < 1.29 is 19.5 Å². The van der Waals surface area contributed by atoms with Gasteiger partial charge in [-0.15, -0.1) is 0 Å². The van der Waals surface area contributed by atoms with Crippen molar-refractivity contribution in [1.29, 1.82) is 0 Å². The monoisotopic (exact) mass is 488 g/mol. The number of thioether (sulfide) groups is 1. The van der Waals surface area contributed by atoms with Crippen LogP contribution in [0, 0.1) is 0 Å². The number of carbonyl (C=O) groups excluding carboxylic acids is 2. The van der Waals surface area contributed by atoms with E-state index in [0.29, 0.717) is 21.9 Å². The predicted molar refractivity (Wildman–Crippen MR) is 135 cm³/mol. The Hall–Kier alpha value is -2.77. The number of rotatable bonds is 9. The molecular weight excluding hydrogens is 460 g/mol. The highest BCUT2D eigenvalue weighted by molar-refractivity contribution is 7.98. The van der Waals surface area contributed by atoms with E-state index in [4.69, 9.17) is 11.6 Å². The Morgan fingerprint density at radius 2 is 1.67 bits per heavy atom. The fourth-order valence-corrected chi connectivity index (χ4v) is 3.53. The van der Waals surface area contributed by atoms with E-state index in [2.05, 4.69) is 31.4 Å². The fraction of sp³-hybridized carbons (Fsp3) is 0.320. The predicted octanol–water partition coefficient (Wildman–Crippen LogP) is 4.73. The highest BCUT2D eigenvalue weighted by Crippen LogP contribution is 2.22. The molecule has 0 saturated heterocycles. The van der Waals surface area contributed by atoms with Gasteiger partial charge in [0, 0.05) is 10.6 Å². The minimum Gasteiger partial charge on any atom is -0.480 e. The van der Waals surface area contributed by atoms with Crippen LogP contribution in [0.3, 0.4) is 0 Å². The van der Waals surface area contributed by atoms with Gasteiger partial charge in [0.1, 0.15) is 11.7 Å². The van der Waals surface area contributed by atoms with E-state index < -0.39 is 23.8 Å². The van der Waals surface area contributed by atoms with Gasteiger partial charge in [-0.1, -0.05) is 56.6 Å². The van der Waals surface area contributed by atoms with Gasteiger partial charge in [0.2, 0.25) is 0 Å². The van der Waals surface area contributed by atoms with E-state index >= 15 is 0 Å². The normalized spacial score (nSPS) is 12.7. The van der Waals surface area contributed by atoms with Crippen molar-refractivity contribution in [2.45, 2.75) is 38.6 Å². The van der Waals surface area contributed by atoms with Gasteiger partial charge in [-0.05, 0) is 65.3 Å². The summed E-state index contributed by atoms with van der Waals surface area (Å²) in [5.74, 6) is -1.72. The second-order valence-corrected chi connectivity index (χ2v) is 9.96. The summed E-state index contributed by atoms with van der Waals surface area (Å²) in [6.45, 7) is 6.24. The van der Waals surface area contributed by atoms with E-state index in [9.17, 15) is 19.5 Å². The zero-order valence-corrected chi connectivity index (χ0v) is 20.7. The van der Waals surface area contributed by atoms with Crippen molar-refractivity contribution in [3.05, 3.63) is 75.9 Å². The van der Waals surface area contributed by atoms with Gasteiger partial charge in [-0.2, -0.15) is 11.8 Å². The fourth-order valence-electron chi connectivity index (χ4n) is 2.93. The molecule has 2 rings (SSSR count). The van der Waals surface area contributed by atoms with Crippen LogP contribution >= 0.6 is 23.4 Å². The number of carboxylic acid groups (broad SMARTS) is 1. The van der Waals surface area contributed by atoms with Crippen LogP contribution in [0.1, 0.15) is 48.7 Å². The minimum atomic E-state index is -1.13. The molecular formula is C25H29ClN2O4S. The summed E-state index contributed by atoms with van der Waals surface area (Å²) in [6.07, 6.45) is 3.61. The van der Waals surface area contributed by atoms with Gasteiger partial charge in [-0.3, -0.25) is 9.59 Å². The minimum absolute atomic E-state index is 0.0578. The van der Waals surface area contributed by atoms with E-state index in [-0.39, 0.29) is 17.5 Å². The molecule has 0 aliphatic carbocycles. The molecule has 1 unspecified atom stereocenters. The zero-order chi connectivity index (χ0) is 24.6. The summed E-state index contributed by atoms with van der Waals surface area (Å²) in [5, 5.41) is 15.1. The summed E-state index contributed by atoms with van der Waals surface area (Å²) in [6, 6.07) is 12.8. The highest BCUT2D eigenvalue weighted by atomic mass is 35.5. The van der Waals surface area contributed by atoms with E-state index in [0.717, 1.165) is 5.56 Å². The summed E-state index contributed by atoms with van der Waals surface area (Å²) in [7, 11) is 0. The topological polar surface area (TPSA) is 95.5 Å². The number of carbonyl (C=O) groups is 3. The van der Waals surface area contributed by atoms with Crippen LogP contribution in [0.2, 0.25) is 5.02 Å². The van der Waals surface area contributed by atoms with Crippen LogP contribution in [0.5, 0.6) is 0 Å². The number of carboxylic acids is 1. The molecule has 2 aromatic carbocycles. The summed E-state index contributed by atoms with van der Waals surface area (Å²) in [4.78, 5) is 37.4. The van der Waals surface area contributed by atoms with Crippen molar-refractivity contribution in [2.24, 2.45) is 0 Å². The van der Waals surface area contributed by atoms with Crippen molar-refractivity contribution in [1.82, 2.24) is 10.6 Å². The molecule has 0 spiro atoms. The first-order valence-electron chi connectivity index (χ1n) is 10.4. The molecule has 2 aromatic rings. The van der Waals surface area contributed by atoms with E-state index in [1.54, 1.807) is 36.4 Å². The number of halogens is 1. The Labute approximate surface area is 203 Å². The van der Waals surface area contributed by atoms with Crippen LogP contribution < -0.4 is 10.6 Å². The largest absolute Gasteiger partial charge is 0.480 e. The molecule has 0 saturated carbocycles. The first-order chi connectivity index (χ1) is 15.5. The number of benzene rings is 2. The maximum Gasteiger partial charge on any atom is 0.326 e. The average Bonchev–Trinajstić information content (AvgIpc) is 2.76. The van der Waals surface area contributed by atoms with Crippen LogP contribution in [-0.4, -0.2) is 40.9 Å². The Balaban J connectivity index is 2.30.